The maximum atomic E-state index is 5.57. The summed E-state index contributed by atoms with van der Waals surface area (Å²) in [6.45, 7) is 2.71. The van der Waals surface area contributed by atoms with E-state index in [1.54, 1.807) is 11.3 Å². The molecule has 0 fully saturated rings. The Morgan fingerprint density at radius 1 is 1.21 bits per heavy atom. The van der Waals surface area contributed by atoms with Crippen LogP contribution in [0.15, 0.2) is 41.1 Å². The van der Waals surface area contributed by atoms with Gasteiger partial charge in [-0.25, -0.2) is 0 Å². The fourth-order valence-electron chi connectivity index (χ4n) is 1.40. The molecule has 0 aliphatic rings. The zero-order chi connectivity index (χ0) is 9.80. The third kappa shape index (κ3) is 1.80. The lowest BCUT2D eigenvalue weighted by molar-refractivity contribution is 0.341. The normalized spacial score (nSPS) is 10.1. The summed E-state index contributed by atoms with van der Waals surface area (Å²) in [6, 6.07) is 10.3. The van der Waals surface area contributed by atoms with Gasteiger partial charge in [-0.2, -0.15) is 11.3 Å². The van der Waals surface area contributed by atoms with Gasteiger partial charge in [0.2, 0.25) is 0 Å². The number of para-hydroxylation sites is 1. The zero-order valence-corrected chi connectivity index (χ0v) is 8.88. The standard InChI is InChI=1S/C12H12OS/c1-2-13-12-6-4-3-5-11(12)10-7-8-14-9-10/h3-9H,2H2,1H3. The van der Waals surface area contributed by atoms with E-state index in [-0.39, 0.29) is 0 Å². The van der Waals surface area contributed by atoms with Crippen LogP contribution in [0.25, 0.3) is 11.1 Å². The van der Waals surface area contributed by atoms with Crippen molar-refractivity contribution >= 4 is 11.3 Å². The molecule has 2 heteroatoms. The molecule has 14 heavy (non-hydrogen) atoms. The van der Waals surface area contributed by atoms with Crippen LogP contribution in [0.3, 0.4) is 0 Å². The smallest absolute Gasteiger partial charge is 0.127 e. The lowest BCUT2D eigenvalue weighted by Gasteiger charge is -2.07. The van der Waals surface area contributed by atoms with Gasteiger partial charge in [-0.05, 0) is 35.4 Å². The molecule has 1 heterocycles. The lowest BCUT2D eigenvalue weighted by Crippen LogP contribution is -1.92. The molecule has 0 bridgehead atoms. The number of hydrogen-bond acceptors (Lipinski definition) is 2. The molecule has 0 N–H and O–H groups in total. The fourth-order valence-corrected chi connectivity index (χ4v) is 2.06. The van der Waals surface area contributed by atoms with Crippen molar-refractivity contribution in [3.63, 3.8) is 0 Å². The molecule has 0 radical (unpaired) electrons. The van der Waals surface area contributed by atoms with Gasteiger partial charge in [-0.1, -0.05) is 18.2 Å². The van der Waals surface area contributed by atoms with E-state index in [1.807, 2.05) is 25.1 Å². The molecule has 0 atom stereocenters. The second-order valence-corrected chi connectivity index (χ2v) is 3.72. The van der Waals surface area contributed by atoms with Gasteiger partial charge in [0.25, 0.3) is 0 Å². The van der Waals surface area contributed by atoms with Crippen LogP contribution in [0.2, 0.25) is 0 Å². The summed E-state index contributed by atoms with van der Waals surface area (Å²) < 4.78 is 5.57. The Morgan fingerprint density at radius 2 is 2.07 bits per heavy atom. The monoisotopic (exact) mass is 204 g/mol. The van der Waals surface area contributed by atoms with Crippen LogP contribution in [0, 0.1) is 0 Å². The van der Waals surface area contributed by atoms with Gasteiger partial charge in [0, 0.05) is 5.56 Å². The van der Waals surface area contributed by atoms with E-state index in [1.165, 1.54) is 11.1 Å². The van der Waals surface area contributed by atoms with E-state index in [2.05, 4.69) is 22.9 Å². The summed E-state index contributed by atoms with van der Waals surface area (Å²) in [6.07, 6.45) is 0. The number of ether oxygens (including phenoxy) is 1. The highest BCUT2D eigenvalue weighted by Gasteiger charge is 2.04. The van der Waals surface area contributed by atoms with Crippen molar-refractivity contribution in [1.29, 1.82) is 0 Å². The largest absolute Gasteiger partial charge is 0.493 e. The molecule has 0 unspecified atom stereocenters. The molecule has 2 aromatic rings. The Hall–Kier alpha value is -1.28. The van der Waals surface area contributed by atoms with Gasteiger partial charge in [0.15, 0.2) is 0 Å². The van der Waals surface area contributed by atoms with Crippen LogP contribution in [-0.4, -0.2) is 6.61 Å². The molecule has 0 spiro atoms. The quantitative estimate of drug-likeness (QED) is 0.738. The molecule has 0 aliphatic heterocycles. The molecule has 2 rings (SSSR count). The number of benzene rings is 1. The van der Waals surface area contributed by atoms with Gasteiger partial charge in [-0.3, -0.25) is 0 Å². The molecule has 0 saturated heterocycles. The van der Waals surface area contributed by atoms with Crippen LogP contribution in [0.1, 0.15) is 6.92 Å². The first-order chi connectivity index (χ1) is 6.92. The van der Waals surface area contributed by atoms with Crippen molar-refractivity contribution in [1.82, 2.24) is 0 Å². The number of thiophene rings is 1. The molecule has 0 saturated carbocycles. The average molecular weight is 204 g/mol. The van der Waals surface area contributed by atoms with Crippen molar-refractivity contribution in [3.8, 4) is 16.9 Å². The maximum Gasteiger partial charge on any atom is 0.127 e. The molecular formula is C12H12OS. The molecule has 1 aromatic heterocycles. The number of hydrogen-bond donors (Lipinski definition) is 0. The van der Waals surface area contributed by atoms with E-state index >= 15 is 0 Å². The molecule has 1 aromatic carbocycles. The zero-order valence-electron chi connectivity index (χ0n) is 8.07. The van der Waals surface area contributed by atoms with Crippen LogP contribution < -0.4 is 4.74 Å². The minimum Gasteiger partial charge on any atom is -0.493 e. The van der Waals surface area contributed by atoms with Crippen LogP contribution in [0.5, 0.6) is 5.75 Å². The maximum absolute atomic E-state index is 5.57. The average Bonchev–Trinajstić information content (AvgIpc) is 2.72. The Bertz CT molecular complexity index is 392. The molecule has 72 valence electrons. The Balaban J connectivity index is 2.42. The van der Waals surface area contributed by atoms with E-state index in [0.29, 0.717) is 6.61 Å². The lowest BCUT2D eigenvalue weighted by atomic mass is 10.1. The second kappa shape index (κ2) is 4.29. The summed E-state index contributed by atoms with van der Waals surface area (Å²) in [5.41, 5.74) is 2.41. The third-order valence-electron chi connectivity index (χ3n) is 2.02. The van der Waals surface area contributed by atoms with Crippen molar-refractivity contribution < 1.29 is 4.74 Å². The minimum absolute atomic E-state index is 0.709. The van der Waals surface area contributed by atoms with E-state index in [0.717, 1.165) is 5.75 Å². The van der Waals surface area contributed by atoms with Gasteiger partial charge in [0.1, 0.15) is 5.75 Å². The first-order valence-corrected chi connectivity index (χ1v) is 5.60. The SMILES string of the molecule is CCOc1ccccc1-c1ccsc1. The Morgan fingerprint density at radius 3 is 2.79 bits per heavy atom. The van der Waals surface area contributed by atoms with Crippen LogP contribution in [-0.2, 0) is 0 Å². The summed E-state index contributed by atoms with van der Waals surface area (Å²) in [7, 11) is 0. The van der Waals surface area contributed by atoms with Crippen LogP contribution >= 0.6 is 11.3 Å². The highest BCUT2D eigenvalue weighted by atomic mass is 32.1. The van der Waals surface area contributed by atoms with Crippen molar-refractivity contribution in [2.24, 2.45) is 0 Å². The van der Waals surface area contributed by atoms with Gasteiger partial charge in [0.05, 0.1) is 6.61 Å². The second-order valence-electron chi connectivity index (χ2n) is 2.94. The third-order valence-corrected chi connectivity index (χ3v) is 2.70. The van der Waals surface area contributed by atoms with Crippen molar-refractivity contribution in [2.75, 3.05) is 6.61 Å². The first kappa shape index (κ1) is 9.28. The summed E-state index contributed by atoms with van der Waals surface area (Å²) >= 11 is 1.71. The predicted octanol–water partition coefficient (Wildman–Crippen LogP) is 3.81. The van der Waals surface area contributed by atoms with Gasteiger partial charge >= 0.3 is 0 Å². The molecular weight excluding hydrogens is 192 g/mol. The van der Waals surface area contributed by atoms with E-state index in [4.69, 9.17) is 4.74 Å². The number of rotatable bonds is 3. The summed E-state index contributed by atoms with van der Waals surface area (Å²) in [5.74, 6) is 0.966. The molecule has 0 amide bonds. The van der Waals surface area contributed by atoms with Crippen molar-refractivity contribution in [3.05, 3.63) is 41.1 Å². The van der Waals surface area contributed by atoms with Gasteiger partial charge in [-0.15, -0.1) is 0 Å². The van der Waals surface area contributed by atoms with E-state index < -0.39 is 0 Å². The highest BCUT2D eigenvalue weighted by molar-refractivity contribution is 7.08. The van der Waals surface area contributed by atoms with E-state index in [9.17, 15) is 0 Å². The first-order valence-electron chi connectivity index (χ1n) is 4.66. The minimum atomic E-state index is 0.709. The fraction of sp³-hybridized carbons (Fsp3) is 0.167. The Kier molecular flexibility index (Phi) is 2.84. The summed E-state index contributed by atoms with van der Waals surface area (Å²) in [5, 5.41) is 4.22. The highest BCUT2D eigenvalue weighted by Crippen LogP contribution is 2.30. The topological polar surface area (TPSA) is 9.23 Å². The molecule has 1 nitrogen and oxygen atoms in total. The van der Waals surface area contributed by atoms with Crippen molar-refractivity contribution in [2.45, 2.75) is 6.92 Å². The molecule has 0 aliphatic carbocycles. The Labute approximate surface area is 88.0 Å². The summed E-state index contributed by atoms with van der Waals surface area (Å²) in [4.78, 5) is 0. The van der Waals surface area contributed by atoms with Crippen LogP contribution in [0.4, 0.5) is 0 Å². The van der Waals surface area contributed by atoms with Gasteiger partial charge < -0.3 is 4.74 Å². The predicted molar refractivity (Wildman–Crippen MR) is 60.9 cm³/mol.